The van der Waals surface area contributed by atoms with Gasteiger partial charge in [0, 0.05) is 38.2 Å². The third-order valence-corrected chi connectivity index (χ3v) is 8.24. The van der Waals surface area contributed by atoms with Crippen LogP contribution in [0, 0.1) is 27.7 Å². The van der Waals surface area contributed by atoms with E-state index in [0.717, 1.165) is 39.3 Å². The molecule has 0 saturated carbocycles. The summed E-state index contributed by atoms with van der Waals surface area (Å²) < 4.78 is 28.4. The van der Waals surface area contributed by atoms with Gasteiger partial charge >= 0.3 is 0 Å². The van der Waals surface area contributed by atoms with Gasteiger partial charge < -0.3 is 4.57 Å². The molecular weight excluding hydrogens is 567 g/mol. The zero-order valence-electron chi connectivity index (χ0n) is 22.9. The highest BCUT2D eigenvalue weighted by Crippen LogP contribution is 2.26. The van der Waals surface area contributed by atoms with Crippen molar-refractivity contribution < 1.29 is 13.2 Å². The number of nitrogens with zero attached hydrogens (tertiary/aromatic N) is 3. The standard InChI is InChI=1S/C30H30Cl2N4O3S/c1-19-6-11-28(12-20(19)2)35(40(5,38)39)18-23-7-9-24(10-8-23)30(37)34-33-17-25-13-21(3)36(22(25)4)29-15-26(31)14-27(32)16-29/h6-17H,18H2,1-5H3,(H,34,37)/b33-17+. The molecular formula is C30H30Cl2N4O3S. The Morgan fingerprint density at radius 2 is 1.57 bits per heavy atom. The van der Waals surface area contributed by atoms with Gasteiger partial charge in [0.25, 0.3) is 5.91 Å². The summed E-state index contributed by atoms with van der Waals surface area (Å²) in [6, 6.07) is 19.6. The van der Waals surface area contributed by atoms with E-state index < -0.39 is 10.0 Å². The first kappa shape index (κ1) is 29.4. The molecule has 7 nitrogen and oxygen atoms in total. The van der Waals surface area contributed by atoms with Crippen LogP contribution in [0.3, 0.4) is 0 Å². The number of aryl methyl sites for hydroxylation is 3. The van der Waals surface area contributed by atoms with Crippen LogP contribution in [-0.2, 0) is 16.6 Å². The highest BCUT2D eigenvalue weighted by atomic mass is 35.5. The zero-order chi connectivity index (χ0) is 29.2. The van der Waals surface area contributed by atoms with Gasteiger partial charge in [-0.3, -0.25) is 9.10 Å². The molecule has 0 atom stereocenters. The molecule has 0 aliphatic rings. The number of aromatic nitrogens is 1. The first-order valence-corrected chi connectivity index (χ1v) is 15.1. The normalized spacial score (nSPS) is 11.7. The summed E-state index contributed by atoms with van der Waals surface area (Å²) in [4.78, 5) is 12.7. The monoisotopic (exact) mass is 596 g/mol. The smallest absolute Gasteiger partial charge is 0.271 e. The molecule has 0 unspecified atom stereocenters. The molecule has 0 saturated heterocycles. The van der Waals surface area contributed by atoms with Crippen LogP contribution in [0.25, 0.3) is 5.69 Å². The van der Waals surface area contributed by atoms with Crippen LogP contribution in [0.15, 0.2) is 71.8 Å². The van der Waals surface area contributed by atoms with E-state index in [9.17, 15) is 13.2 Å². The first-order valence-electron chi connectivity index (χ1n) is 12.5. The summed E-state index contributed by atoms with van der Waals surface area (Å²) >= 11 is 12.4. The molecule has 4 rings (SSSR count). The van der Waals surface area contributed by atoms with Crippen molar-refractivity contribution in [2.45, 2.75) is 34.2 Å². The van der Waals surface area contributed by atoms with Gasteiger partial charge in [0.1, 0.15) is 0 Å². The molecule has 0 aliphatic carbocycles. The Hall–Kier alpha value is -3.59. The largest absolute Gasteiger partial charge is 0.318 e. The number of hydrogen-bond donors (Lipinski definition) is 1. The lowest BCUT2D eigenvalue weighted by Gasteiger charge is -2.23. The number of sulfonamides is 1. The molecule has 1 amide bonds. The van der Waals surface area contributed by atoms with Gasteiger partial charge in [-0.25, -0.2) is 13.8 Å². The predicted molar refractivity (Wildman–Crippen MR) is 164 cm³/mol. The summed E-state index contributed by atoms with van der Waals surface area (Å²) in [7, 11) is -3.52. The molecule has 0 fully saturated rings. The molecule has 1 heterocycles. The molecule has 10 heteroatoms. The Kier molecular flexibility index (Phi) is 8.73. The van der Waals surface area contributed by atoms with Crippen molar-refractivity contribution in [2.24, 2.45) is 5.10 Å². The third kappa shape index (κ3) is 6.75. The van der Waals surface area contributed by atoms with Crippen LogP contribution in [-0.4, -0.2) is 31.4 Å². The Labute approximate surface area is 245 Å². The number of halogens is 2. The van der Waals surface area contributed by atoms with Crippen molar-refractivity contribution in [2.75, 3.05) is 10.6 Å². The molecule has 3 aromatic carbocycles. The van der Waals surface area contributed by atoms with Gasteiger partial charge in [-0.2, -0.15) is 5.10 Å². The van der Waals surface area contributed by atoms with Crippen LogP contribution in [0.5, 0.6) is 0 Å². The number of amides is 1. The minimum absolute atomic E-state index is 0.148. The molecule has 1 N–H and O–H groups in total. The fourth-order valence-corrected chi connectivity index (χ4v) is 5.81. The maximum absolute atomic E-state index is 12.7. The number of rotatable bonds is 8. The van der Waals surface area contributed by atoms with E-state index in [1.54, 1.807) is 42.6 Å². The summed E-state index contributed by atoms with van der Waals surface area (Å²) in [5, 5.41) is 5.22. The number of nitrogens with one attached hydrogen (secondary N) is 1. The number of benzene rings is 3. The number of hydrogen-bond acceptors (Lipinski definition) is 4. The van der Waals surface area contributed by atoms with Crippen molar-refractivity contribution >= 4 is 51.0 Å². The Morgan fingerprint density at radius 1 is 0.925 bits per heavy atom. The number of carbonyl (C=O) groups is 1. The van der Waals surface area contributed by atoms with Crippen LogP contribution < -0.4 is 9.73 Å². The van der Waals surface area contributed by atoms with Gasteiger partial charge in [0.15, 0.2) is 0 Å². The SMILES string of the molecule is Cc1ccc(N(Cc2ccc(C(=O)N/N=C/c3cc(C)n(-c4cc(Cl)cc(Cl)c4)c3C)cc2)S(C)(=O)=O)cc1C. The van der Waals surface area contributed by atoms with E-state index in [1.807, 2.05) is 62.6 Å². The van der Waals surface area contributed by atoms with Crippen LogP contribution in [0.1, 0.15) is 44.0 Å². The van der Waals surface area contributed by atoms with Crippen LogP contribution in [0.4, 0.5) is 5.69 Å². The van der Waals surface area contributed by atoms with Crippen molar-refractivity contribution in [3.63, 3.8) is 0 Å². The molecule has 0 spiro atoms. The van der Waals surface area contributed by atoms with E-state index >= 15 is 0 Å². The van der Waals surface area contributed by atoms with E-state index in [4.69, 9.17) is 23.2 Å². The number of anilines is 1. The second-order valence-corrected chi connectivity index (χ2v) is 12.5. The first-order chi connectivity index (χ1) is 18.8. The molecule has 208 valence electrons. The lowest BCUT2D eigenvalue weighted by atomic mass is 10.1. The number of hydrazone groups is 1. The molecule has 0 aliphatic heterocycles. The van der Waals surface area contributed by atoms with E-state index in [-0.39, 0.29) is 12.5 Å². The zero-order valence-corrected chi connectivity index (χ0v) is 25.2. The average molecular weight is 598 g/mol. The van der Waals surface area contributed by atoms with Gasteiger partial charge in [-0.15, -0.1) is 0 Å². The molecule has 40 heavy (non-hydrogen) atoms. The second kappa shape index (κ2) is 11.9. The lowest BCUT2D eigenvalue weighted by molar-refractivity contribution is 0.0955. The fourth-order valence-electron chi connectivity index (χ4n) is 4.42. The van der Waals surface area contributed by atoms with Gasteiger partial charge in [-0.05, 0) is 92.9 Å². The maximum atomic E-state index is 12.7. The van der Waals surface area contributed by atoms with Gasteiger partial charge in [-0.1, -0.05) is 41.4 Å². The average Bonchev–Trinajstić information content (AvgIpc) is 3.16. The van der Waals surface area contributed by atoms with Gasteiger partial charge in [0.05, 0.1) is 24.7 Å². The van der Waals surface area contributed by atoms with Gasteiger partial charge in [0.2, 0.25) is 10.0 Å². The van der Waals surface area contributed by atoms with E-state index in [2.05, 4.69) is 10.5 Å². The van der Waals surface area contributed by atoms with Crippen LogP contribution in [0.2, 0.25) is 10.0 Å². The summed E-state index contributed by atoms with van der Waals surface area (Å²) in [6.07, 6.45) is 2.77. The second-order valence-electron chi connectivity index (χ2n) is 9.72. The predicted octanol–water partition coefficient (Wildman–Crippen LogP) is 6.75. The number of carbonyl (C=O) groups excluding carboxylic acids is 1. The highest BCUT2D eigenvalue weighted by Gasteiger charge is 2.19. The topological polar surface area (TPSA) is 83.8 Å². The van der Waals surface area contributed by atoms with Crippen molar-refractivity contribution in [3.8, 4) is 5.69 Å². The van der Waals surface area contributed by atoms with Crippen molar-refractivity contribution in [3.05, 3.63) is 116 Å². The highest BCUT2D eigenvalue weighted by molar-refractivity contribution is 7.92. The maximum Gasteiger partial charge on any atom is 0.271 e. The van der Waals surface area contributed by atoms with Crippen molar-refractivity contribution in [1.29, 1.82) is 0 Å². The Bertz CT molecular complexity index is 1690. The molecule has 1 aromatic heterocycles. The third-order valence-electron chi connectivity index (χ3n) is 6.67. The quantitative estimate of drug-likeness (QED) is 0.180. The summed E-state index contributed by atoms with van der Waals surface area (Å²) in [6.45, 7) is 7.98. The Balaban J connectivity index is 1.45. The van der Waals surface area contributed by atoms with E-state index in [0.29, 0.717) is 21.3 Å². The summed E-state index contributed by atoms with van der Waals surface area (Å²) in [5.41, 5.74) is 9.94. The minimum Gasteiger partial charge on any atom is -0.318 e. The van der Waals surface area contributed by atoms with E-state index in [1.165, 1.54) is 10.6 Å². The van der Waals surface area contributed by atoms with Crippen molar-refractivity contribution in [1.82, 2.24) is 9.99 Å². The summed E-state index contributed by atoms with van der Waals surface area (Å²) in [5.74, 6) is -0.382. The Morgan fingerprint density at radius 3 is 2.17 bits per heavy atom. The molecule has 4 aromatic rings. The van der Waals surface area contributed by atoms with Crippen LogP contribution >= 0.6 is 23.2 Å². The lowest BCUT2D eigenvalue weighted by Crippen LogP contribution is -2.29. The fraction of sp³-hybridized carbons (Fsp3) is 0.200. The minimum atomic E-state index is -3.52. The molecule has 0 bridgehead atoms. The molecule has 0 radical (unpaired) electrons.